The number of benzene rings is 3. The van der Waals surface area contributed by atoms with Crippen LogP contribution in [0.5, 0.6) is 5.75 Å². The standard InChI is InChI=1S/C35H37N3O5/c1-34(2,3)43-33(41)38-17-14-35(15-18-38)21-30(42-29-10-5-4-7-23(29)20-31(39)40)27-19-22(11-12-28(27)35)24-8-6-9-26-25(24)13-16-37-32(26)36/h4-13,16,19,30H,14-15,17-18,20-21H2,1-3H3,(H2,36,37)(H,39,40). The Labute approximate surface area is 251 Å². The summed E-state index contributed by atoms with van der Waals surface area (Å²) in [6, 6.07) is 22.0. The van der Waals surface area contributed by atoms with Gasteiger partial charge >= 0.3 is 12.1 Å². The number of ether oxygens (including phenoxy) is 2. The van der Waals surface area contributed by atoms with Crippen LogP contribution in [0, 0.1) is 0 Å². The molecule has 2 heterocycles. The van der Waals surface area contributed by atoms with Crippen LogP contribution in [0.3, 0.4) is 0 Å². The average molecular weight is 580 g/mol. The molecular formula is C35H37N3O5. The maximum Gasteiger partial charge on any atom is 0.410 e. The minimum Gasteiger partial charge on any atom is -0.485 e. The number of rotatable bonds is 5. The number of aliphatic carboxylic acids is 1. The van der Waals surface area contributed by atoms with Gasteiger partial charge in [0, 0.05) is 35.7 Å². The minimum absolute atomic E-state index is 0.114. The highest BCUT2D eigenvalue weighted by molar-refractivity contribution is 6.01. The van der Waals surface area contributed by atoms with Crippen molar-refractivity contribution in [3.63, 3.8) is 0 Å². The molecule has 1 spiro atoms. The zero-order chi connectivity index (χ0) is 30.4. The van der Waals surface area contributed by atoms with Gasteiger partial charge in [-0.15, -0.1) is 0 Å². The number of carbonyl (C=O) groups excluding carboxylic acids is 1. The number of carboxylic acids is 1. The molecule has 1 amide bonds. The van der Waals surface area contributed by atoms with Crippen molar-refractivity contribution in [2.45, 2.75) is 63.6 Å². The van der Waals surface area contributed by atoms with Crippen molar-refractivity contribution in [3.05, 3.63) is 89.6 Å². The smallest absolute Gasteiger partial charge is 0.410 e. The lowest BCUT2D eigenvalue weighted by atomic mass is 9.73. The molecule has 1 unspecified atom stereocenters. The number of fused-ring (bicyclic) bond motifs is 3. The number of hydrogen-bond acceptors (Lipinski definition) is 6. The summed E-state index contributed by atoms with van der Waals surface area (Å²) in [6.07, 6.45) is 3.36. The number of nitrogen functional groups attached to an aromatic ring is 1. The SMILES string of the molecule is CC(C)(C)OC(=O)N1CCC2(CC1)CC(Oc1ccccc1CC(=O)O)c1cc(-c3cccc4c(N)nccc34)ccc12. The van der Waals surface area contributed by atoms with Gasteiger partial charge in [-0.2, -0.15) is 0 Å². The fraction of sp³-hybridized carbons (Fsp3) is 0.343. The molecule has 222 valence electrons. The fourth-order valence-electron chi connectivity index (χ4n) is 6.64. The molecule has 2 aliphatic rings. The van der Waals surface area contributed by atoms with Crippen LogP contribution in [-0.2, 0) is 21.4 Å². The number of likely N-dealkylation sites (tertiary alicyclic amines) is 1. The molecule has 0 radical (unpaired) electrons. The van der Waals surface area contributed by atoms with E-state index in [1.165, 1.54) is 5.56 Å². The number of pyridine rings is 1. The van der Waals surface area contributed by atoms with Crippen LogP contribution in [0.1, 0.15) is 62.8 Å². The summed E-state index contributed by atoms with van der Waals surface area (Å²) in [5, 5.41) is 11.4. The van der Waals surface area contributed by atoms with Gasteiger partial charge in [-0.1, -0.05) is 48.5 Å². The largest absolute Gasteiger partial charge is 0.485 e. The first-order valence-electron chi connectivity index (χ1n) is 14.8. The zero-order valence-corrected chi connectivity index (χ0v) is 24.8. The third kappa shape index (κ3) is 5.61. The molecule has 43 heavy (non-hydrogen) atoms. The molecule has 3 N–H and O–H groups in total. The van der Waals surface area contributed by atoms with Gasteiger partial charge in [0.25, 0.3) is 0 Å². The first-order chi connectivity index (χ1) is 20.5. The highest BCUT2D eigenvalue weighted by Crippen LogP contribution is 2.53. The Kier molecular flexibility index (Phi) is 7.24. The quantitative estimate of drug-likeness (QED) is 0.264. The summed E-state index contributed by atoms with van der Waals surface area (Å²) in [7, 11) is 0. The number of aromatic nitrogens is 1. The Hall–Kier alpha value is -4.59. The second kappa shape index (κ2) is 10.9. The van der Waals surface area contributed by atoms with Crippen LogP contribution in [0.25, 0.3) is 21.9 Å². The van der Waals surface area contributed by atoms with Crippen molar-refractivity contribution in [3.8, 4) is 16.9 Å². The van der Waals surface area contributed by atoms with Crippen LogP contribution < -0.4 is 10.5 Å². The third-order valence-corrected chi connectivity index (χ3v) is 8.65. The van der Waals surface area contributed by atoms with Crippen LogP contribution in [0.4, 0.5) is 10.6 Å². The maximum absolute atomic E-state index is 12.8. The third-order valence-electron chi connectivity index (χ3n) is 8.65. The Morgan fingerprint density at radius 2 is 1.79 bits per heavy atom. The molecule has 0 bridgehead atoms. The zero-order valence-electron chi connectivity index (χ0n) is 24.8. The molecule has 8 heteroatoms. The molecule has 6 rings (SSSR count). The van der Waals surface area contributed by atoms with E-state index in [-0.39, 0.29) is 24.0 Å². The van der Waals surface area contributed by atoms with Crippen molar-refractivity contribution in [2.75, 3.05) is 18.8 Å². The van der Waals surface area contributed by atoms with E-state index < -0.39 is 11.6 Å². The van der Waals surface area contributed by atoms with E-state index in [2.05, 4.69) is 29.2 Å². The van der Waals surface area contributed by atoms with Crippen molar-refractivity contribution in [2.24, 2.45) is 0 Å². The maximum atomic E-state index is 12.8. The predicted octanol–water partition coefficient (Wildman–Crippen LogP) is 6.90. The van der Waals surface area contributed by atoms with Gasteiger partial charge in [0.15, 0.2) is 0 Å². The Balaban J connectivity index is 1.38. The summed E-state index contributed by atoms with van der Waals surface area (Å²) >= 11 is 0. The lowest BCUT2D eigenvalue weighted by Gasteiger charge is -2.40. The van der Waals surface area contributed by atoms with Crippen LogP contribution >= 0.6 is 0 Å². The van der Waals surface area contributed by atoms with E-state index in [4.69, 9.17) is 15.2 Å². The average Bonchev–Trinajstić information content (AvgIpc) is 3.25. The van der Waals surface area contributed by atoms with Crippen molar-refractivity contribution in [1.82, 2.24) is 9.88 Å². The van der Waals surface area contributed by atoms with E-state index >= 15 is 0 Å². The summed E-state index contributed by atoms with van der Waals surface area (Å²) < 4.78 is 12.4. The number of piperidine rings is 1. The normalized spacial score (nSPS) is 17.6. The lowest BCUT2D eigenvalue weighted by molar-refractivity contribution is -0.136. The summed E-state index contributed by atoms with van der Waals surface area (Å²) in [5.74, 6) is 0.173. The molecule has 1 aliphatic carbocycles. The van der Waals surface area contributed by atoms with Crippen molar-refractivity contribution >= 4 is 28.7 Å². The summed E-state index contributed by atoms with van der Waals surface area (Å²) in [6.45, 7) is 6.83. The summed E-state index contributed by atoms with van der Waals surface area (Å²) in [4.78, 5) is 30.5. The number of nitrogens with zero attached hydrogens (tertiary/aromatic N) is 2. The first kappa shape index (κ1) is 28.5. The molecule has 1 fully saturated rings. The Morgan fingerprint density at radius 3 is 2.53 bits per heavy atom. The lowest BCUT2D eigenvalue weighted by Crippen LogP contribution is -2.46. The van der Waals surface area contributed by atoms with Crippen molar-refractivity contribution in [1.29, 1.82) is 0 Å². The van der Waals surface area contributed by atoms with Crippen LogP contribution in [0.2, 0.25) is 0 Å². The second-order valence-corrected chi connectivity index (χ2v) is 12.6. The van der Waals surface area contributed by atoms with E-state index in [1.54, 1.807) is 17.2 Å². The van der Waals surface area contributed by atoms with E-state index in [0.717, 1.165) is 46.7 Å². The highest BCUT2D eigenvalue weighted by atomic mass is 16.6. The molecule has 1 atom stereocenters. The van der Waals surface area contributed by atoms with Crippen molar-refractivity contribution < 1.29 is 24.2 Å². The predicted molar refractivity (Wildman–Crippen MR) is 166 cm³/mol. The second-order valence-electron chi connectivity index (χ2n) is 12.6. The number of carbonyl (C=O) groups is 2. The summed E-state index contributed by atoms with van der Waals surface area (Å²) in [5.41, 5.74) is 10.5. The highest BCUT2D eigenvalue weighted by Gasteiger charge is 2.47. The van der Waals surface area contributed by atoms with Crippen LogP contribution in [0.15, 0.2) is 72.9 Å². The van der Waals surface area contributed by atoms with Crippen LogP contribution in [-0.4, -0.2) is 45.7 Å². The van der Waals surface area contributed by atoms with E-state index in [1.807, 2.05) is 57.2 Å². The molecule has 8 nitrogen and oxygen atoms in total. The molecule has 1 aliphatic heterocycles. The monoisotopic (exact) mass is 579 g/mol. The molecule has 1 aromatic heterocycles. The van der Waals surface area contributed by atoms with Gasteiger partial charge < -0.3 is 25.2 Å². The van der Waals surface area contributed by atoms with Gasteiger partial charge in [0.05, 0.1) is 6.42 Å². The Morgan fingerprint density at radius 1 is 1.02 bits per heavy atom. The van der Waals surface area contributed by atoms with Gasteiger partial charge in [-0.05, 0) is 85.9 Å². The molecule has 3 aromatic carbocycles. The number of hydrogen-bond donors (Lipinski definition) is 2. The number of para-hydroxylation sites is 1. The number of carboxylic acid groups (broad SMARTS) is 1. The van der Waals surface area contributed by atoms with E-state index in [0.29, 0.717) is 30.2 Å². The van der Waals surface area contributed by atoms with Gasteiger partial charge in [-0.25, -0.2) is 9.78 Å². The Bertz CT molecular complexity index is 1700. The first-order valence-corrected chi connectivity index (χ1v) is 14.8. The van der Waals surface area contributed by atoms with Gasteiger partial charge in [0.1, 0.15) is 23.3 Å². The molecule has 0 saturated carbocycles. The fourth-order valence-corrected chi connectivity index (χ4v) is 6.64. The molecule has 4 aromatic rings. The molecular weight excluding hydrogens is 542 g/mol. The van der Waals surface area contributed by atoms with E-state index in [9.17, 15) is 14.7 Å². The van der Waals surface area contributed by atoms with Gasteiger partial charge in [-0.3, -0.25) is 4.79 Å². The molecule has 1 saturated heterocycles. The topological polar surface area (TPSA) is 115 Å². The minimum atomic E-state index is -0.902. The number of anilines is 1. The number of nitrogens with two attached hydrogens (primary N) is 1. The van der Waals surface area contributed by atoms with Gasteiger partial charge in [0.2, 0.25) is 0 Å². The number of amides is 1.